The quantitative estimate of drug-likeness (QED) is 0.305. The minimum Gasteiger partial charge on any atom is -0.371 e. The number of nitrogens with zero attached hydrogens (tertiary/aromatic N) is 1. The van der Waals surface area contributed by atoms with Crippen LogP contribution in [0.2, 0.25) is 0 Å². The van der Waals surface area contributed by atoms with Crippen LogP contribution in [0.25, 0.3) is 0 Å². The van der Waals surface area contributed by atoms with Crippen LogP contribution in [0.1, 0.15) is 0 Å². The van der Waals surface area contributed by atoms with Gasteiger partial charge < -0.3 is 19.4 Å². The van der Waals surface area contributed by atoms with Crippen LogP contribution < -0.4 is 5.73 Å². The summed E-state index contributed by atoms with van der Waals surface area (Å²) in [5.41, 5.74) is 3.85. The average molecular weight is 206 g/mol. The van der Waals surface area contributed by atoms with E-state index in [4.69, 9.17) is 15.2 Å². The maximum atomic E-state index is 10.1. The topological polar surface area (TPSA) is 117 Å². The summed E-state index contributed by atoms with van der Waals surface area (Å²) in [6.45, 7) is -0.115. The molecule has 3 N–H and O–H groups in total. The largest absolute Gasteiger partial charge is 0.371 e. The molecule has 2 fully saturated rings. The smallest absolute Gasteiger partial charge is 0.294 e. The second kappa shape index (κ2) is 3.02. The number of ether oxygens (including phenoxy) is 2. The van der Waals surface area contributed by atoms with Gasteiger partial charge in [-0.2, -0.15) is 0 Å². The number of nitrogens with two attached hydrogens (primary N) is 1. The maximum Gasteiger partial charge on any atom is 0.294 e. The van der Waals surface area contributed by atoms with Gasteiger partial charge in [0, 0.05) is 0 Å². The minimum absolute atomic E-state index is 0.00414. The molecule has 2 aliphatic rings. The molecule has 4 atom stereocenters. The Bertz CT molecular complexity index is 257. The van der Waals surface area contributed by atoms with Gasteiger partial charge in [0.15, 0.2) is 11.8 Å². The summed E-state index contributed by atoms with van der Waals surface area (Å²) in [6, 6.07) is 0. The van der Waals surface area contributed by atoms with E-state index in [1.54, 1.807) is 0 Å². The van der Waals surface area contributed by atoms with E-state index in [1.807, 2.05) is 0 Å². The van der Waals surface area contributed by atoms with E-state index in [1.165, 1.54) is 0 Å². The van der Waals surface area contributed by atoms with Gasteiger partial charge in [0.1, 0.15) is 12.2 Å². The zero-order valence-electron chi connectivity index (χ0n) is 7.16. The molecule has 0 bridgehead atoms. The first-order valence-electron chi connectivity index (χ1n) is 4.06. The second-order valence-corrected chi connectivity index (χ2v) is 3.39. The van der Waals surface area contributed by atoms with Crippen molar-refractivity contribution in [3.8, 4) is 0 Å². The lowest BCUT2D eigenvalue weighted by Crippen LogP contribution is -2.51. The lowest BCUT2D eigenvalue weighted by molar-refractivity contribution is -0.769. The molecule has 0 unspecified atom stereocenters. The molecule has 0 aromatic heterocycles. The Hall–Kier alpha value is -0.960. The summed E-state index contributed by atoms with van der Waals surface area (Å²) in [7, 11) is 0. The molecule has 80 valence electrons. The molecule has 0 radical (unpaired) electrons. The van der Waals surface area contributed by atoms with Gasteiger partial charge in [0.05, 0.1) is 13.2 Å². The Morgan fingerprint density at radius 3 is 3.00 bits per heavy atom. The molecule has 2 rings (SSSR count). The Morgan fingerprint density at radius 1 is 1.64 bits per heavy atom. The molecular weight excluding hydrogens is 196 g/mol. The molecule has 2 aliphatic heterocycles. The van der Waals surface area contributed by atoms with Crippen molar-refractivity contribution in [1.82, 2.24) is 0 Å². The van der Waals surface area contributed by atoms with Crippen molar-refractivity contribution in [3.63, 3.8) is 0 Å². The van der Waals surface area contributed by atoms with E-state index in [0.717, 1.165) is 0 Å². The summed E-state index contributed by atoms with van der Waals surface area (Å²) in [5.74, 6) is 0. The third-order valence-electron chi connectivity index (χ3n) is 2.33. The van der Waals surface area contributed by atoms with Gasteiger partial charge in [-0.15, -0.1) is 10.1 Å². The normalized spacial score (nSPS) is 46.3. The molecule has 0 aliphatic carbocycles. The van der Waals surface area contributed by atoms with E-state index in [0.29, 0.717) is 0 Å². The van der Waals surface area contributed by atoms with Gasteiger partial charge in [0.25, 0.3) is 5.09 Å². The third kappa shape index (κ3) is 1.42. The van der Waals surface area contributed by atoms with Crippen molar-refractivity contribution < 1.29 is 24.5 Å². The Labute approximate surface area is 78.6 Å². The summed E-state index contributed by atoms with van der Waals surface area (Å²) in [6.07, 6.45) is -2.24. The van der Waals surface area contributed by atoms with Gasteiger partial charge in [-0.1, -0.05) is 0 Å². The van der Waals surface area contributed by atoms with E-state index in [2.05, 4.69) is 4.84 Å². The van der Waals surface area contributed by atoms with E-state index < -0.39 is 29.1 Å². The van der Waals surface area contributed by atoms with Crippen molar-refractivity contribution in [2.45, 2.75) is 24.0 Å². The van der Waals surface area contributed by atoms with Crippen LogP contribution in [0.4, 0.5) is 0 Å². The zero-order valence-corrected chi connectivity index (χ0v) is 7.16. The highest BCUT2D eigenvalue weighted by Crippen LogP contribution is 2.32. The standard InChI is InChI=1S/C6H10N2O6/c7-6(9)2-13-4-3(14-8(10)11)1-12-5(4)6/h3-5,9H,1-2,7H2/t3-,4+,5-,6-/m0/s1. The number of hydrogen-bond acceptors (Lipinski definition) is 7. The SMILES string of the molecule is N[C@]1(O)CO[C@@H]2[C@@H](O[N+](=O)[O-])CO[C@@H]21. The first-order valence-corrected chi connectivity index (χ1v) is 4.06. The van der Waals surface area contributed by atoms with E-state index in [9.17, 15) is 15.2 Å². The van der Waals surface area contributed by atoms with Crippen LogP contribution in [0.5, 0.6) is 0 Å². The Kier molecular flexibility index (Phi) is 2.07. The predicted octanol–water partition coefficient (Wildman–Crippen LogP) is -1.99. The van der Waals surface area contributed by atoms with Crippen molar-refractivity contribution in [2.24, 2.45) is 5.73 Å². The second-order valence-electron chi connectivity index (χ2n) is 3.39. The molecule has 8 heteroatoms. The zero-order chi connectivity index (χ0) is 10.3. The lowest BCUT2D eigenvalue weighted by atomic mass is 10.1. The van der Waals surface area contributed by atoms with Gasteiger partial charge in [-0.25, -0.2) is 0 Å². The number of aliphatic hydroxyl groups is 1. The highest BCUT2D eigenvalue weighted by molar-refractivity contribution is 5.00. The Balaban J connectivity index is 2.04. The van der Waals surface area contributed by atoms with Crippen molar-refractivity contribution in [3.05, 3.63) is 10.1 Å². The molecular formula is C6H10N2O6. The first kappa shape index (κ1) is 9.59. The molecule has 0 amide bonds. The molecule has 0 spiro atoms. The van der Waals surface area contributed by atoms with Crippen LogP contribution in [-0.2, 0) is 14.3 Å². The fourth-order valence-corrected chi connectivity index (χ4v) is 1.72. The molecule has 14 heavy (non-hydrogen) atoms. The van der Waals surface area contributed by atoms with Crippen LogP contribution in [0, 0.1) is 10.1 Å². The number of hydrogen-bond donors (Lipinski definition) is 2. The van der Waals surface area contributed by atoms with Crippen LogP contribution in [-0.4, -0.2) is 47.4 Å². The molecule has 2 saturated heterocycles. The fourth-order valence-electron chi connectivity index (χ4n) is 1.72. The first-order chi connectivity index (χ1) is 6.50. The highest BCUT2D eigenvalue weighted by atomic mass is 17.0. The Morgan fingerprint density at radius 2 is 2.36 bits per heavy atom. The van der Waals surface area contributed by atoms with E-state index in [-0.39, 0.29) is 13.2 Å². The van der Waals surface area contributed by atoms with Gasteiger partial charge in [-0.05, 0) is 0 Å². The molecule has 0 aromatic carbocycles. The van der Waals surface area contributed by atoms with Crippen molar-refractivity contribution in [1.29, 1.82) is 0 Å². The molecule has 2 heterocycles. The van der Waals surface area contributed by atoms with Gasteiger partial charge in [0.2, 0.25) is 0 Å². The van der Waals surface area contributed by atoms with Crippen molar-refractivity contribution >= 4 is 0 Å². The fraction of sp³-hybridized carbons (Fsp3) is 1.00. The summed E-state index contributed by atoms with van der Waals surface area (Å²) in [5, 5.41) is 18.7. The number of fused-ring (bicyclic) bond motifs is 1. The van der Waals surface area contributed by atoms with E-state index >= 15 is 0 Å². The molecule has 0 aromatic rings. The molecule has 0 saturated carbocycles. The lowest BCUT2D eigenvalue weighted by Gasteiger charge is -2.20. The summed E-state index contributed by atoms with van der Waals surface area (Å²) < 4.78 is 10.2. The van der Waals surface area contributed by atoms with Crippen molar-refractivity contribution in [2.75, 3.05) is 13.2 Å². The maximum absolute atomic E-state index is 10.1. The average Bonchev–Trinajstić information content (AvgIpc) is 2.55. The minimum atomic E-state index is -1.58. The van der Waals surface area contributed by atoms with Gasteiger partial charge in [-0.3, -0.25) is 5.73 Å². The number of rotatable bonds is 2. The monoisotopic (exact) mass is 206 g/mol. The third-order valence-corrected chi connectivity index (χ3v) is 2.33. The van der Waals surface area contributed by atoms with Crippen LogP contribution in [0.15, 0.2) is 0 Å². The summed E-state index contributed by atoms with van der Waals surface area (Å²) in [4.78, 5) is 14.4. The summed E-state index contributed by atoms with van der Waals surface area (Å²) >= 11 is 0. The van der Waals surface area contributed by atoms with Crippen LogP contribution in [0.3, 0.4) is 0 Å². The van der Waals surface area contributed by atoms with Gasteiger partial charge >= 0.3 is 0 Å². The van der Waals surface area contributed by atoms with Crippen LogP contribution >= 0.6 is 0 Å². The highest BCUT2D eigenvalue weighted by Gasteiger charge is 2.55. The molecule has 8 nitrogen and oxygen atoms in total. The predicted molar refractivity (Wildman–Crippen MR) is 40.5 cm³/mol.